The van der Waals surface area contributed by atoms with Gasteiger partial charge in [0, 0.05) is 5.75 Å². The maximum Gasteiger partial charge on any atom is 0.00362 e. The lowest BCUT2D eigenvalue weighted by Gasteiger charge is -2.35. The molecule has 0 aromatic rings. The van der Waals surface area contributed by atoms with Crippen molar-refractivity contribution in [2.45, 2.75) is 44.9 Å². The molecule has 0 spiro atoms. The van der Waals surface area contributed by atoms with Gasteiger partial charge in [-0.1, -0.05) is 41.0 Å². The molecule has 0 amide bonds. The van der Waals surface area contributed by atoms with Crippen molar-refractivity contribution >= 4 is 30.1 Å². The van der Waals surface area contributed by atoms with Gasteiger partial charge in [0.25, 0.3) is 0 Å². The Hall–Kier alpha value is 1.08. The highest BCUT2D eigenvalue weighted by molar-refractivity contribution is 14.2. The minimum absolute atomic E-state index is 1.10. The standard InChI is InChI=1S/C11H19IS/c12-13-8-7-10-5-2-6-11(10)9-3-1-4-9/h9-11H,1-8H2. The summed E-state index contributed by atoms with van der Waals surface area (Å²) >= 11 is 2.44. The Morgan fingerprint density at radius 2 is 1.85 bits per heavy atom. The zero-order valence-electron chi connectivity index (χ0n) is 8.18. The van der Waals surface area contributed by atoms with Gasteiger partial charge in [-0.15, -0.1) is 0 Å². The molecule has 0 aromatic carbocycles. The molecule has 2 aliphatic carbocycles. The second kappa shape index (κ2) is 5.24. The Bertz CT molecular complexity index is 156. The first-order valence-electron chi connectivity index (χ1n) is 5.65. The molecule has 2 saturated carbocycles. The number of hydrogen-bond donors (Lipinski definition) is 0. The highest BCUT2D eigenvalue weighted by Crippen LogP contribution is 2.46. The zero-order valence-corrected chi connectivity index (χ0v) is 11.1. The number of halogens is 1. The van der Waals surface area contributed by atoms with E-state index < -0.39 is 0 Å². The van der Waals surface area contributed by atoms with E-state index in [1.807, 2.05) is 8.93 Å². The zero-order chi connectivity index (χ0) is 9.10. The second-order valence-corrected chi connectivity index (χ2v) is 7.14. The molecule has 2 unspecified atom stereocenters. The molecule has 0 aromatic heterocycles. The summed E-state index contributed by atoms with van der Waals surface area (Å²) in [6, 6.07) is 0. The maximum absolute atomic E-state index is 2.44. The van der Waals surface area contributed by atoms with Crippen LogP contribution in [0.15, 0.2) is 0 Å². The summed E-state index contributed by atoms with van der Waals surface area (Å²) in [5.41, 5.74) is 0. The Labute approximate surface area is 98.2 Å². The van der Waals surface area contributed by atoms with Crippen LogP contribution in [-0.4, -0.2) is 5.75 Å². The monoisotopic (exact) mass is 310 g/mol. The van der Waals surface area contributed by atoms with Crippen LogP contribution in [0.25, 0.3) is 0 Å². The first-order valence-corrected chi connectivity index (χ1v) is 9.18. The summed E-state index contributed by atoms with van der Waals surface area (Å²) in [6.07, 6.45) is 10.7. The van der Waals surface area contributed by atoms with Crippen LogP contribution in [0, 0.1) is 17.8 Å². The molecule has 76 valence electrons. The molecule has 0 nitrogen and oxygen atoms in total. The van der Waals surface area contributed by atoms with E-state index in [-0.39, 0.29) is 0 Å². The van der Waals surface area contributed by atoms with Crippen LogP contribution in [0.4, 0.5) is 0 Å². The largest absolute Gasteiger partial charge is 0.0894 e. The molecule has 0 bridgehead atoms. The molecule has 0 heterocycles. The van der Waals surface area contributed by atoms with Crippen LogP contribution < -0.4 is 0 Å². The summed E-state index contributed by atoms with van der Waals surface area (Å²) < 4.78 is 0. The maximum atomic E-state index is 2.44. The van der Waals surface area contributed by atoms with Crippen molar-refractivity contribution < 1.29 is 0 Å². The van der Waals surface area contributed by atoms with Crippen molar-refractivity contribution in [2.24, 2.45) is 17.8 Å². The fourth-order valence-electron chi connectivity index (χ4n) is 3.11. The lowest BCUT2D eigenvalue weighted by atomic mass is 9.71. The summed E-state index contributed by atoms with van der Waals surface area (Å²) in [5.74, 6) is 4.77. The van der Waals surface area contributed by atoms with E-state index in [0.29, 0.717) is 0 Å². The average molecular weight is 310 g/mol. The molecule has 0 saturated heterocycles. The Balaban J connectivity index is 1.79. The van der Waals surface area contributed by atoms with Gasteiger partial charge in [0.1, 0.15) is 0 Å². The Kier molecular flexibility index (Phi) is 4.27. The second-order valence-electron chi connectivity index (χ2n) is 4.65. The third-order valence-corrected chi connectivity index (χ3v) is 5.75. The topological polar surface area (TPSA) is 0 Å². The van der Waals surface area contributed by atoms with Crippen LogP contribution >= 0.6 is 30.1 Å². The smallest absolute Gasteiger partial charge is 0.00362 e. The summed E-state index contributed by atoms with van der Waals surface area (Å²) in [5, 5.41) is 0. The van der Waals surface area contributed by atoms with Crippen molar-refractivity contribution in [1.82, 2.24) is 0 Å². The lowest BCUT2D eigenvalue weighted by molar-refractivity contribution is 0.164. The third kappa shape index (κ3) is 2.55. The summed E-state index contributed by atoms with van der Waals surface area (Å²) in [4.78, 5) is 0. The van der Waals surface area contributed by atoms with E-state index >= 15 is 0 Å². The lowest BCUT2D eigenvalue weighted by Crippen LogP contribution is -2.25. The van der Waals surface area contributed by atoms with Gasteiger partial charge in [0.15, 0.2) is 0 Å². The summed E-state index contributed by atoms with van der Waals surface area (Å²) in [6.45, 7) is 0. The molecule has 2 aliphatic rings. The van der Waals surface area contributed by atoms with Crippen molar-refractivity contribution in [2.75, 3.05) is 5.75 Å². The molecule has 2 atom stereocenters. The molecular weight excluding hydrogens is 291 g/mol. The minimum Gasteiger partial charge on any atom is -0.0894 e. The Morgan fingerprint density at radius 3 is 2.46 bits per heavy atom. The Morgan fingerprint density at radius 1 is 1.08 bits per heavy atom. The van der Waals surface area contributed by atoms with Crippen LogP contribution in [-0.2, 0) is 0 Å². The van der Waals surface area contributed by atoms with Gasteiger partial charge < -0.3 is 0 Å². The van der Waals surface area contributed by atoms with E-state index in [1.165, 1.54) is 25.0 Å². The average Bonchev–Trinajstić information content (AvgIpc) is 2.46. The van der Waals surface area contributed by atoms with Gasteiger partial charge in [0.05, 0.1) is 0 Å². The first-order chi connectivity index (χ1) is 6.42. The highest BCUT2D eigenvalue weighted by Gasteiger charge is 2.35. The van der Waals surface area contributed by atoms with Crippen molar-refractivity contribution in [3.8, 4) is 0 Å². The molecular formula is C11H19IS. The van der Waals surface area contributed by atoms with Crippen LogP contribution in [0.2, 0.25) is 0 Å². The molecule has 0 aliphatic heterocycles. The fraction of sp³-hybridized carbons (Fsp3) is 1.00. The van der Waals surface area contributed by atoms with Crippen LogP contribution in [0.5, 0.6) is 0 Å². The first kappa shape index (κ1) is 10.6. The van der Waals surface area contributed by atoms with E-state index in [0.717, 1.165) is 17.8 Å². The number of hydrogen-bond acceptors (Lipinski definition) is 1. The van der Waals surface area contributed by atoms with Gasteiger partial charge in [0.2, 0.25) is 0 Å². The molecule has 0 N–H and O–H groups in total. The quantitative estimate of drug-likeness (QED) is 0.680. The number of rotatable bonds is 4. The molecule has 2 fully saturated rings. The van der Waals surface area contributed by atoms with Crippen molar-refractivity contribution in [1.29, 1.82) is 0 Å². The van der Waals surface area contributed by atoms with Gasteiger partial charge in [-0.25, -0.2) is 0 Å². The SMILES string of the molecule is ISCCC1CCCC1C1CCC1. The van der Waals surface area contributed by atoms with E-state index in [4.69, 9.17) is 0 Å². The van der Waals surface area contributed by atoms with Crippen molar-refractivity contribution in [3.63, 3.8) is 0 Å². The highest BCUT2D eigenvalue weighted by atomic mass is 127. The molecule has 0 radical (unpaired) electrons. The van der Waals surface area contributed by atoms with Gasteiger partial charge in [-0.05, 0) is 51.8 Å². The van der Waals surface area contributed by atoms with Crippen molar-refractivity contribution in [3.05, 3.63) is 0 Å². The van der Waals surface area contributed by atoms with Gasteiger partial charge >= 0.3 is 0 Å². The molecule has 2 rings (SSSR count). The predicted molar refractivity (Wildman–Crippen MR) is 69.3 cm³/mol. The predicted octanol–water partition coefficient (Wildman–Crippen LogP) is 4.68. The van der Waals surface area contributed by atoms with Crippen LogP contribution in [0.3, 0.4) is 0 Å². The normalized spacial score (nSPS) is 34.8. The van der Waals surface area contributed by atoms with Gasteiger partial charge in [-0.2, -0.15) is 0 Å². The van der Waals surface area contributed by atoms with Gasteiger partial charge in [-0.3, -0.25) is 0 Å². The third-order valence-electron chi connectivity index (χ3n) is 4.04. The van der Waals surface area contributed by atoms with E-state index in [9.17, 15) is 0 Å². The van der Waals surface area contributed by atoms with E-state index in [1.54, 1.807) is 25.7 Å². The molecule has 2 heteroatoms. The fourth-order valence-corrected chi connectivity index (χ4v) is 4.26. The van der Waals surface area contributed by atoms with E-state index in [2.05, 4.69) is 21.2 Å². The summed E-state index contributed by atoms with van der Waals surface area (Å²) in [7, 11) is 2.00. The van der Waals surface area contributed by atoms with Crippen LogP contribution in [0.1, 0.15) is 44.9 Å². The minimum atomic E-state index is 1.10. The molecule has 13 heavy (non-hydrogen) atoms.